The van der Waals surface area contributed by atoms with Crippen LogP contribution in [0.25, 0.3) is 0 Å². The molecule has 0 aliphatic heterocycles. The summed E-state index contributed by atoms with van der Waals surface area (Å²) in [6.07, 6.45) is 3.58. The lowest BCUT2D eigenvalue weighted by Crippen LogP contribution is -2.18. The van der Waals surface area contributed by atoms with E-state index in [4.69, 9.17) is 4.74 Å². The van der Waals surface area contributed by atoms with Crippen molar-refractivity contribution in [2.24, 2.45) is 0 Å². The summed E-state index contributed by atoms with van der Waals surface area (Å²) in [4.78, 5) is 17.8. The third kappa shape index (κ3) is 4.34. The summed E-state index contributed by atoms with van der Waals surface area (Å²) in [7, 11) is 2.00. The predicted molar refractivity (Wildman–Crippen MR) is 70.9 cm³/mol. The van der Waals surface area contributed by atoms with Crippen LogP contribution < -0.4 is 4.90 Å². The van der Waals surface area contributed by atoms with Crippen LogP contribution in [0.5, 0.6) is 0 Å². The SMILES string of the molecule is CCCCCN(C)c1nc(C(=O)OCC)cs1. The molecule has 17 heavy (non-hydrogen) atoms. The van der Waals surface area contributed by atoms with Crippen molar-refractivity contribution in [2.45, 2.75) is 33.1 Å². The van der Waals surface area contributed by atoms with E-state index in [1.807, 2.05) is 7.05 Å². The van der Waals surface area contributed by atoms with Gasteiger partial charge in [-0.05, 0) is 13.3 Å². The molecule has 0 saturated heterocycles. The summed E-state index contributed by atoms with van der Waals surface area (Å²) in [5, 5.41) is 2.63. The summed E-state index contributed by atoms with van der Waals surface area (Å²) in [6.45, 7) is 5.34. The lowest BCUT2D eigenvalue weighted by Gasteiger charge is -2.14. The third-order valence-electron chi connectivity index (χ3n) is 2.40. The van der Waals surface area contributed by atoms with Gasteiger partial charge in [-0.2, -0.15) is 0 Å². The Bertz CT molecular complexity index is 352. The Hall–Kier alpha value is -1.10. The quantitative estimate of drug-likeness (QED) is 0.555. The van der Waals surface area contributed by atoms with Crippen LogP contribution in [0, 0.1) is 0 Å². The van der Waals surface area contributed by atoms with Crippen molar-refractivity contribution in [3.05, 3.63) is 11.1 Å². The second kappa shape index (κ2) is 7.27. The van der Waals surface area contributed by atoms with Crippen molar-refractivity contribution in [3.63, 3.8) is 0 Å². The largest absolute Gasteiger partial charge is 0.461 e. The third-order valence-corrected chi connectivity index (χ3v) is 3.36. The summed E-state index contributed by atoms with van der Waals surface area (Å²) in [6, 6.07) is 0. The molecule has 0 aliphatic rings. The van der Waals surface area contributed by atoms with Crippen molar-refractivity contribution >= 4 is 22.4 Å². The van der Waals surface area contributed by atoms with Crippen molar-refractivity contribution in [1.82, 2.24) is 4.98 Å². The van der Waals surface area contributed by atoms with E-state index in [1.165, 1.54) is 24.2 Å². The first kappa shape index (κ1) is 14.0. The van der Waals surface area contributed by atoms with Crippen LogP contribution in [-0.2, 0) is 4.74 Å². The fraction of sp³-hybridized carbons (Fsp3) is 0.667. The van der Waals surface area contributed by atoms with Gasteiger partial charge in [0.25, 0.3) is 0 Å². The maximum Gasteiger partial charge on any atom is 0.357 e. The Morgan fingerprint density at radius 1 is 1.47 bits per heavy atom. The van der Waals surface area contributed by atoms with Gasteiger partial charge in [0, 0.05) is 19.0 Å². The lowest BCUT2D eigenvalue weighted by molar-refractivity contribution is 0.0520. The van der Waals surface area contributed by atoms with Crippen LogP contribution in [0.2, 0.25) is 0 Å². The highest BCUT2D eigenvalue weighted by molar-refractivity contribution is 7.13. The molecule has 0 unspecified atom stereocenters. The molecule has 0 aliphatic carbocycles. The number of rotatable bonds is 7. The molecule has 0 atom stereocenters. The molecule has 0 N–H and O–H groups in total. The number of aromatic nitrogens is 1. The molecule has 96 valence electrons. The molecule has 1 aromatic heterocycles. The van der Waals surface area contributed by atoms with Crippen LogP contribution in [0.4, 0.5) is 5.13 Å². The average Bonchev–Trinajstić information content (AvgIpc) is 2.79. The van der Waals surface area contributed by atoms with Crippen molar-refractivity contribution in [2.75, 3.05) is 25.1 Å². The van der Waals surface area contributed by atoms with Crippen LogP contribution >= 0.6 is 11.3 Å². The van der Waals surface area contributed by atoms with E-state index in [9.17, 15) is 4.79 Å². The van der Waals surface area contributed by atoms with Gasteiger partial charge in [-0.25, -0.2) is 9.78 Å². The van der Waals surface area contributed by atoms with E-state index >= 15 is 0 Å². The molecule has 0 bridgehead atoms. The summed E-state index contributed by atoms with van der Waals surface area (Å²) >= 11 is 1.48. The number of carbonyl (C=O) groups excluding carboxylic acids is 1. The highest BCUT2D eigenvalue weighted by Gasteiger charge is 2.13. The molecule has 0 amide bonds. The first-order chi connectivity index (χ1) is 8.19. The van der Waals surface area contributed by atoms with Gasteiger partial charge in [0.1, 0.15) is 0 Å². The number of thiazole rings is 1. The fourth-order valence-electron chi connectivity index (χ4n) is 1.43. The fourth-order valence-corrected chi connectivity index (χ4v) is 2.22. The van der Waals surface area contributed by atoms with Gasteiger partial charge < -0.3 is 9.64 Å². The number of esters is 1. The summed E-state index contributed by atoms with van der Waals surface area (Å²) in [5.74, 6) is -0.336. The minimum absolute atomic E-state index is 0.336. The number of anilines is 1. The average molecular weight is 256 g/mol. The molecule has 1 heterocycles. The van der Waals surface area contributed by atoms with Crippen molar-refractivity contribution < 1.29 is 9.53 Å². The van der Waals surface area contributed by atoms with Crippen LogP contribution in [0.1, 0.15) is 43.6 Å². The predicted octanol–water partition coefficient (Wildman–Crippen LogP) is 2.95. The lowest BCUT2D eigenvalue weighted by atomic mass is 10.2. The Morgan fingerprint density at radius 2 is 2.24 bits per heavy atom. The molecule has 0 fully saturated rings. The molecule has 0 radical (unpaired) electrons. The van der Waals surface area contributed by atoms with Gasteiger partial charge in [0.2, 0.25) is 0 Å². The summed E-state index contributed by atoms with van der Waals surface area (Å²) in [5.41, 5.74) is 0.411. The minimum Gasteiger partial charge on any atom is -0.461 e. The number of carbonyl (C=O) groups is 1. The van der Waals surface area contributed by atoms with Gasteiger partial charge in [0.15, 0.2) is 10.8 Å². The van der Waals surface area contributed by atoms with E-state index in [0.717, 1.165) is 18.1 Å². The summed E-state index contributed by atoms with van der Waals surface area (Å²) < 4.78 is 4.91. The minimum atomic E-state index is -0.336. The number of ether oxygens (including phenoxy) is 1. The number of unbranched alkanes of at least 4 members (excludes halogenated alkanes) is 2. The highest BCUT2D eigenvalue weighted by Crippen LogP contribution is 2.20. The van der Waals surface area contributed by atoms with Crippen LogP contribution in [-0.4, -0.2) is 31.2 Å². The van der Waals surface area contributed by atoms with Gasteiger partial charge in [-0.3, -0.25) is 0 Å². The van der Waals surface area contributed by atoms with Crippen LogP contribution in [0.15, 0.2) is 5.38 Å². The van der Waals surface area contributed by atoms with Crippen molar-refractivity contribution in [1.29, 1.82) is 0 Å². The van der Waals surface area contributed by atoms with E-state index < -0.39 is 0 Å². The van der Waals surface area contributed by atoms with Gasteiger partial charge in [-0.15, -0.1) is 11.3 Å². The molecule has 4 nitrogen and oxygen atoms in total. The van der Waals surface area contributed by atoms with Crippen molar-refractivity contribution in [3.8, 4) is 0 Å². The second-order valence-electron chi connectivity index (χ2n) is 3.86. The van der Waals surface area contributed by atoms with Gasteiger partial charge in [-0.1, -0.05) is 19.8 Å². The molecular formula is C12H20N2O2S. The standard InChI is InChI=1S/C12H20N2O2S/c1-4-6-7-8-14(3)12-13-10(9-17-12)11(15)16-5-2/h9H,4-8H2,1-3H3. The van der Waals surface area contributed by atoms with Gasteiger partial charge >= 0.3 is 5.97 Å². The molecule has 0 saturated carbocycles. The first-order valence-electron chi connectivity index (χ1n) is 6.02. The second-order valence-corrected chi connectivity index (χ2v) is 4.70. The van der Waals surface area contributed by atoms with Gasteiger partial charge in [0.05, 0.1) is 6.61 Å². The van der Waals surface area contributed by atoms with Crippen LogP contribution in [0.3, 0.4) is 0 Å². The molecule has 1 rings (SSSR count). The number of nitrogens with zero attached hydrogens (tertiary/aromatic N) is 2. The Labute approximate surface area is 107 Å². The number of hydrogen-bond donors (Lipinski definition) is 0. The van der Waals surface area contributed by atoms with E-state index in [0.29, 0.717) is 12.3 Å². The molecule has 1 aromatic rings. The Balaban J connectivity index is 2.51. The smallest absolute Gasteiger partial charge is 0.357 e. The Kier molecular flexibility index (Phi) is 5.97. The topological polar surface area (TPSA) is 42.4 Å². The Morgan fingerprint density at radius 3 is 2.88 bits per heavy atom. The molecule has 0 aromatic carbocycles. The van der Waals surface area contributed by atoms with E-state index in [-0.39, 0.29) is 5.97 Å². The number of hydrogen-bond acceptors (Lipinski definition) is 5. The van der Waals surface area contributed by atoms with E-state index in [2.05, 4.69) is 16.8 Å². The maximum atomic E-state index is 11.4. The molecule has 5 heteroatoms. The first-order valence-corrected chi connectivity index (χ1v) is 6.90. The maximum absolute atomic E-state index is 11.4. The zero-order valence-corrected chi connectivity index (χ0v) is 11.5. The normalized spacial score (nSPS) is 10.3. The molecule has 0 spiro atoms. The zero-order chi connectivity index (χ0) is 12.7. The monoisotopic (exact) mass is 256 g/mol. The molecular weight excluding hydrogens is 236 g/mol. The highest BCUT2D eigenvalue weighted by atomic mass is 32.1. The zero-order valence-electron chi connectivity index (χ0n) is 10.7. The van der Waals surface area contributed by atoms with E-state index in [1.54, 1.807) is 12.3 Å².